The van der Waals surface area contributed by atoms with E-state index in [1.807, 2.05) is 60.7 Å². The third-order valence-electron chi connectivity index (χ3n) is 9.06. The van der Waals surface area contributed by atoms with Gasteiger partial charge in [-0.25, -0.2) is 9.69 Å². The lowest BCUT2D eigenvalue weighted by molar-refractivity contribution is -0.276. The Bertz CT molecular complexity index is 1510. The van der Waals surface area contributed by atoms with Crippen LogP contribution in [0.3, 0.4) is 0 Å². The van der Waals surface area contributed by atoms with Gasteiger partial charge in [0.25, 0.3) is 5.91 Å². The fourth-order valence-corrected chi connectivity index (χ4v) is 6.46. The van der Waals surface area contributed by atoms with Gasteiger partial charge in [0.2, 0.25) is 5.91 Å². The SMILES string of the molecule is C[C@@H]1[C@H](CN2CCCCC2)O[C@H](c2cccc(N3C(=O)CC(NC(=O)OCc4ccccc4)C3=O)c2)O[C@@H]1c1ccc(CO)cc1. The number of carbonyl (C=O) groups is 3. The summed E-state index contributed by atoms with van der Waals surface area (Å²) in [6.45, 7) is 5.03. The van der Waals surface area contributed by atoms with Gasteiger partial charge in [-0.05, 0) is 54.8 Å². The van der Waals surface area contributed by atoms with Crippen molar-refractivity contribution >= 4 is 23.6 Å². The Morgan fingerprint density at radius 1 is 0.913 bits per heavy atom. The molecule has 242 valence electrons. The largest absolute Gasteiger partial charge is 0.445 e. The molecule has 3 aliphatic rings. The van der Waals surface area contributed by atoms with Crippen LogP contribution in [0.25, 0.3) is 0 Å². The number of aliphatic hydroxyl groups is 1. The number of benzene rings is 3. The fourth-order valence-electron chi connectivity index (χ4n) is 6.46. The molecular weight excluding hydrogens is 586 g/mol. The van der Waals surface area contributed by atoms with E-state index >= 15 is 0 Å². The highest BCUT2D eigenvalue weighted by Crippen LogP contribution is 2.42. The highest BCUT2D eigenvalue weighted by atomic mass is 16.7. The maximum absolute atomic E-state index is 13.4. The van der Waals surface area contributed by atoms with Crippen molar-refractivity contribution in [1.29, 1.82) is 0 Å². The third kappa shape index (κ3) is 7.31. The number of likely N-dealkylation sites (tertiary alicyclic amines) is 1. The molecule has 0 aliphatic carbocycles. The van der Waals surface area contributed by atoms with Gasteiger partial charge < -0.3 is 29.5 Å². The van der Waals surface area contributed by atoms with Crippen molar-refractivity contribution in [3.05, 3.63) is 101 Å². The minimum atomic E-state index is -1.03. The first-order valence-corrected chi connectivity index (χ1v) is 16.1. The second-order valence-corrected chi connectivity index (χ2v) is 12.3. The number of hydrogen-bond acceptors (Lipinski definition) is 8. The lowest BCUT2D eigenvalue weighted by atomic mass is 9.89. The molecule has 46 heavy (non-hydrogen) atoms. The molecule has 10 heteroatoms. The molecule has 1 unspecified atom stereocenters. The standard InChI is InChI=1S/C36H41N3O7/c1-24-31(21-38-17-6-3-7-18-38)45-35(46-33(24)27-15-13-25(22-40)14-16-27)28-11-8-12-29(19-28)39-32(41)20-30(34(39)42)37-36(43)44-23-26-9-4-2-5-10-26/h2,4-5,8-16,19,24,30-31,33,35,40H,3,6-7,17-18,20-23H2,1H3,(H,37,43)/t24-,30?,31+,33+,35+/m1/s1. The minimum absolute atomic E-state index is 0.0311. The van der Waals surface area contributed by atoms with E-state index < -0.39 is 30.2 Å². The van der Waals surface area contributed by atoms with Crippen molar-refractivity contribution in [2.45, 2.75) is 70.4 Å². The molecule has 3 aromatic carbocycles. The number of imide groups is 1. The molecule has 0 aromatic heterocycles. The Morgan fingerprint density at radius 2 is 1.67 bits per heavy atom. The Balaban J connectivity index is 1.18. The second kappa shape index (κ2) is 14.6. The number of hydrogen-bond donors (Lipinski definition) is 2. The maximum Gasteiger partial charge on any atom is 0.408 e. The van der Waals surface area contributed by atoms with Gasteiger partial charge in [-0.1, -0.05) is 80.1 Å². The van der Waals surface area contributed by atoms with Crippen molar-refractivity contribution in [2.75, 3.05) is 24.5 Å². The molecule has 0 spiro atoms. The molecule has 3 aromatic rings. The quantitative estimate of drug-likeness (QED) is 0.318. The smallest absolute Gasteiger partial charge is 0.408 e. The van der Waals surface area contributed by atoms with E-state index in [4.69, 9.17) is 14.2 Å². The molecule has 6 rings (SSSR count). The first-order valence-electron chi connectivity index (χ1n) is 16.1. The first-order chi connectivity index (χ1) is 22.4. The Labute approximate surface area is 269 Å². The maximum atomic E-state index is 13.4. The van der Waals surface area contributed by atoms with Crippen molar-refractivity contribution in [3.8, 4) is 0 Å². The van der Waals surface area contributed by atoms with E-state index in [0.717, 1.165) is 41.2 Å². The van der Waals surface area contributed by atoms with Crippen LogP contribution in [0.15, 0.2) is 78.9 Å². The third-order valence-corrected chi connectivity index (χ3v) is 9.06. The van der Waals surface area contributed by atoms with Crippen molar-refractivity contribution < 1.29 is 33.7 Å². The van der Waals surface area contributed by atoms with E-state index in [-0.39, 0.29) is 37.8 Å². The average Bonchev–Trinajstić information content (AvgIpc) is 3.37. The number of rotatable bonds is 9. The number of ether oxygens (including phenoxy) is 3. The Kier molecular flexibility index (Phi) is 10.1. The number of amides is 3. The molecule has 0 radical (unpaired) electrons. The van der Waals surface area contributed by atoms with E-state index in [0.29, 0.717) is 11.3 Å². The summed E-state index contributed by atoms with van der Waals surface area (Å²) in [6, 6.07) is 23.1. The first kappa shape index (κ1) is 31.9. The topological polar surface area (TPSA) is 118 Å². The van der Waals surface area contributed by atoms with Gasteiger partial charge >= 0.3 is 6.09 Å². The van der Waals surface area contributed by atoms with Crippen LogP contribution >= 0.6 is 0 Å². The lowest BCUT2D eigenvalue weighted by Gasteiger charge is -2.43. The predicted molar refractivity (Wildman–Crippen MR) is 170 cm³/mol. The zero-order valence-corrected chi connectivity index (χ0v) is 26.0. The highest BCUT2D eigenvalue weighted by molar-refractivity contribution is 6.22. The molecule has 0 saturated carbocycles. The number of nitrogens with one attached hydrogen (secondary N) is 1. The van der Waals surface area contributed by atoms with Crippen LogP contribution < -0.4 is 10.2 Å². The lowest BCUT2D eigenvalue weighted by Crippen LogP contribution is -2.45. The van der Waals surface area contributed by atoms with Gasteiger partial charge in [0.05, 0.1) is 30.9 Å². The molecule has 3 heterocycles. The van der Waals surface area contributed by atoms with Crippen molar-refractivity contribution in [3.63, 3.8) is 0 Å². The molecule has 10 nitrogen and oxygen atoms in total. The number of piperidine rings is 1. The minimum Gasteiger partial charge on any atom is -0.445 e. The molecule has 3 fully saturated rings. The van der Waals surface area contributed by atoms with Crippen LogP contribution in [-0.2, 0) is 37.0 Å². The number of carbonyl (C=O) groups excluding carboxylic acids is 3. The number of alkyl carbamates (subject to hydrolysis) is 1. The van der Waals surface area contributed by atoms with E-state index in [1.54, 1.807) is 18.2 Å². The molecule has 3 amide bonds. The number of nitrogens with zero attached hydrogens (tertiary/aromatic N) is 2. The summed E-state index contributed by atoms with van der Waals surface area (Å²) >= 11 is 0. The van der Waals surface area contributed by atoms with Crippen molar-refractivity contribution in [1.82, 2.24) is 10.2 Å². The van der Waals surface area contributed by atoms with Crippen LogP contribution in [0.1, 0.15) is 67.3 Å². The Morgan fingerprint density at radius 3 is 2.41 bits per heavy atom. The zero-order chi connectivity index (χ0) is 32.0. The Hall–Kier alpha value is -4.09. The number of anilines is 1. The summed E-state index contributed by atoms with van der Waals surface area (Å²) in [7, 11) is 0. The van der Waals surface area contributed by atoms with Crippen LogP contribution in [-0.4, -0.2) is 59.7 Å². The van der Waals surface area contributed by atoms with E-state index in [2.05, 4.69) is 17.1 Å². The van der Waals surface area contributed by atoms with Gasteiger partial charge in [-0.15, -0.1) is 0 Å². The number of aliphatic hydroxyl groups excluding tert-OH is 1. The van der Waals surface area contributed by atoms with Gasteiger partial charge in [-0.3, -0.25) is 9.59 Å². The summed E-state index contributed by atoms with van der Waals surface area (Å²) < 4.78 is 18.5. The molecule has 2 N–H and O–H groups in total. The summed E-state index contributed by atoms with van der Waals surface area (Å²) in [5.41, 5.74) is 3.71. The molecule has 0 bridgehead atoms. The summed E-state index contributed by atoms with van der Waals surface area (Å²) in [5, 5.41) is 12.1. The molecule has 5 atom stereocenters. The predicted octanol–water partition coefficient (Wildman–Crippen LogP) is 5.01. The van der Waals surface area contributed by atoms with E-state index in [9.17, 15) is 19.5 Å². The van der Waals surface area contributed by atoms with Crippen LogP contribution in [0.2, 0.25) is 0 Å². The van der Waals surface area contributed by atoms with Gasteiger partial charge in [-0.2, -0.15) is 0 Å². The van der Waals surface area contributed by atoms with Gasteiger partial charge in [0.1, 0.15) is 12.6 Å². The summed E-state index contributed by atoms with van der Waals surface area (Å²) in [5.74, 6) is -0.890. The van der Waals surface area contributed by atoms with Gasteiger partial charge in [0, 0.05) is 18.0 Å². The van der Waals surface area contributed by atoms with Crippen LogP contribution in [0.4, 0.5) is 10.5 Å². The van der Waals surface area contributed by atoms with Crippen LogP contribution in [0, 0.1) is 5.92 Å². The second-order valence-electron chi connectivity index (χ2n) is 12.3. The van der Waals surface area contributed by atoms with E-state index in [1.165, 1.54) is 19.3 Å². The highest BCUT2D eigenvalue weighted by Gasteiger charge is 2.42. The average molecular weight is 628 g/mol. The molecular formula is C36H41N3O7. The zero-order valence-electron chi connectivity index (χ0n) is 26.0. The molecule has 3 saturated heterocycles. The van der Waals surface area contributed by atoms with Crippen LogP contribution in [0.5, 0.6) is 0 Å². The fraction of sp³-hybridized carbons (Fsp3) is 0.417. The molecule has 3 aliphatic heterocycles. The summed E-state index contributed by atoms with van der Waals surface area (Å²) in [4.78, 5) is 42.5. The van der Waals surface area contributed by atoms with Crippen molar-refractivity contribution in [2.24, 2.45) is 5.92 Å². The van der Waals surface area contributed by atoms with Gasteiger partial charge in [0.15, 0.2) is 6.29 Å². The summed E-state index contributed by atoms with van der Waals surface area (Å²) in [6.07, 6.45) is 1.55. The monoisotopic (exact) mass is 627 g/mol. The normalized spacial score (nSPS) is 25.4.